The van der Waals surface area contributed by atoms with Crippen LogP contribution in [0.1, 0.15) is 17.5 Å². The van der Waals surface area contributed by atoms with Crippen LogP contribution in [0.2, 0.25) is 5.02 Å². The standard InChI is InChI=1S/C20H16ClNO6/c1-11(19(24)22-14-5-3-4-6-17(14)26-2)27-20(25)18-10-15(23)13-9-12(21)7-8-16(13)28-18/h3-11H,1-2H3,(H,22,24)/t11-/m1/s1. The van der Waals surface area contributed by atoms with E-state index in [-0.39, 0.29) is 16.7 Å². The van der Waals surface area contributed by atoms with E-state index in [0.29, 0.717) is 16.5 Å². The number of halogens is 1. The van der Waals surface area contributed by atoms with Gasteiger partial charge in [-0.1, -0.05) is 23.7 Å². The molecular formula is C20H16ClNO6. The van der Waals surface area contributed by atoms with Crippen molar-refractivity contribution in [2.45, 2.75) is 13.0 Å². The number of benzene rings is 2. The number of nitrogens with one attached hydrogen (secondary N) is 1. The Hall–Kier alpha value is -3.32. The SMILES string of the molecule is COc1ccccc1NC(=O)[C@@H](C)OC(=O)c1cc(=O)c2cc(Cl)ccc2o1. The zero-order valence-corrected chi connectivity index (χ0v) is 15.8. The minimum atomic E-state index is -1.14. The Morgan fingerprint density at radius 3 is 2.64 bits per heavy atom. The first-order valence-electron chi connectivity index (χ1n) is 8.27. The summed E-state index contributed by atoms with van der Waals surface area (Å²) in [6.07, 6.45) is -1.14. The van der Waals surface area contributed by atoms with Crippen LogP contribution >= 0.6 is 11.6 Å². The summed E-state index contributed by atoms with van der Waals surface area (Å²) in [5, 5.41) is 3.23. The van der Waals surface area contributed by atoms with E-state index in [0.717, 1.165) is 6.07 Å². The van der Waals surface area contributed by atoms with Gasteiger partial charge in [-0.15, -0.1) is 0 Å². The lowest BCUT2D eigenvalue weighted by Gasteiger charge is -2.14. The first-order valence-corrected chi connectivity index (χ1v) is 8.65. The van der Waals surface area contributed by atoms with E-state index in [1.165, 1.54) is 32.2 Å². The number of hydrogen-bond acceptors (Lipinski definition) is 6. The number of anilines is 1. The smallest absolute Gasteiger partial charge is 0.375 e. The molecule has 1 heterocycles. The maximum absolute atomic E-state index is 12.3. The van der Waals surface area contributed by atoms with E-state index in [9.17, 15) is 14.4 Å². The van der Waals surface area contributed by atoms with Crippen LogP contribution < -0.4 is 15.5 Å². The van der Waals surface area contributed by atoms with Gasteiger partial charge in [0.05, 0.1) is 18.2 Å². The largest absolute Gasteiger partial charge is 0.495 e. The molecule has 1 N–H and O–H groups in total. The molecule has 0 unspecified atom stereocenters. The number of carbonyl (C=O) groups excluding carboxylic acids is 2. The zero-order chi connectivity index (χ0) is 20.3. The van der Waals surface area contributed by atoms with Crippen LogP contribution in [0.4, 0.5) is 5.69 Å². The number of methoxy groups -OCH3 is 1. The maximum Gasteiger partial charge on any atom is 0.375 e. The number of fused-ring (bicyclic) bond motifs is 1. The molecule has 1 aromatic heterocycles. The maximum atomic E-state index is 12.3. The normalized spacial score (nSPS) is 11.7. The average Bonchev–Trinajstić information content (AvgIpc) is 2.68. The van der Waals surface area contributed by atoms with Crippen molar-refractivity contribution in [1.82, 2.24) is 0 Å². The minimum Gasteiger partial charge on any atom is -0.495 e. The minimum absolute atomic E-state index is 0.190. The van der Waals surface area contributed by atoms with Crippen molar-refractivity contribution in [3.63, 3.8) is 0 Å². The summed E-state index contributed by atoms with van der Waals surface area (Å²) >= 11 is 5.86. The molecule has 144 valence electrons. The molecule has 1 amide bonds. The summed E-state index contributed by atoms with van der Waals surface area (Å²) in [4.78, 5) is 36.8. The molecular weight excluding hydrogens is 386 g/mol. The van der Waals surface area contributed by atoms with Gasteiger partial charge in [0.2, 0.25) is 5.76 Å². The van der Waals surface area contributed by atoms with Gasteiger partial charge < -0.3 is 19.2 Å². The van der Waals surface area contributed by atoms with Crippen LogP contribution in [0, 0.1) is 0 Å². The highest BCUT2D eigenvalue weighted by molar-refractivity contribution is 6.31. The first kappa shape index (κ1) is 19.4. The second-order valence-corrected chi connectivity index (χ2v) is 6.29. The molecule has 28 heavy (non-hydrogen) atoms. The number of ether oxygens (including phenoxy) is 2. The Kier molecular flexibility index (Phi) is 5.65. The molecule has 3 rings (SSSR count). The number of hydrogen-bond donors (Lipinski definition) is 1. The number of rotatable bonds is 5. The van der Waals surface area contributed by atoms with Gasteiger partial charge in [-0.25, -0.2) is 4.79 Å². The highest BCUT2D eigenvalue weighted by Crippen LogP contribution is 2.23. The molecule has 0 saturated heterocycles. The fraction of sp³-hybridized carbons (Fsp3) is 0.150. The summed E-state index contributed by atoms with van der Waals surface area (Å²) in [6.45, 7) is 1.40. The van der Waals surface area contributed by atoms with Gasteiger partial charge >= 0.3 is 5.97 Å². The first-order chi connectivity index (χ1) is 13.4. The van der Waals surface area contributed by atoms with Crippen molar-refractivity contribution in [3.05, 3.63) is 69.5 Å². The second kappa shape index (κ2) is 8.14. The summed E-state index contributed by atoms with van der Waals surface area (Å²) in [5.74, 6) is -1.34. The molecule has 0 spiro atoms. The van der Waals surface area contributed by atoms with Crippen molar-refractivity contribution < 1.29 is 23.5 Å². The van der Waals surface area contributed by atoms with Crippen LogP contribution in [-0.2, 0) is 9.53 Å². The molecule has 0 aliphatic heterocycles. The van der Waals surface area contributed by atoms with Crippen LogP contribution in [0.3, 0.4) is 0 Å². The van der Waals surface area contributed by atoms with Gasteiger partial charge in [-0.2, -0.15) is 0 Å². The van der Waals surface area contributed by atoms with Gasteiger partial charge in [-0.3, -0.25) is 9.59 Å². The van der Waals surface area contributed by atoms with Crippen molar-refractivity contribution in [1.29, 1.82) is 0 Å². The third-order valence-corrected chi connectivity index (χ3v) is 4.14. The summed E-state index contributed by atoms with van der Waals surface area (Å²) in [7, 11) is 1.48. The number of amides is 1. The predicted molar refractivity (Wildman–Crippen MR) is 104 cm³/mol. The number of para-hydroxylation sites is 2. The fourth-order valence-electron chi connectivity index (χ4n) is 2.48. The molecule has 0 aliphatic rings. The third-order valence-electron chi connectivity index (χ3n) is 3.91. The molecule has 7 nitrogen and oxygen atoms in total. The highest BCUT2D eigenvalue weighted by atomic mass is 35.5. The van der Waals surface area contributed by atoms with Crippen LogP contribution in [-0.4, -0.2) is 25.1 Å². The topological polar surface area (TPSA) is 94.8 Å². The Morgan fingerprint density at radius 2 is 1.89 bits per heavy atom. The molecule has 0 radical (unpaired) electrons. The Bertz CT molecular complexity index is 1110. The van der Waals surface area contributed by atoms with Crippen LogP contribution in [0.5, 0.6) is 5.75 Å². The van der Waals surface area contributed by atoms with E-state index in [1.54, 1.807) is 24.3 Å². The van der Waals surface area contributed by atoms with Crippen molar-refractivity contribution in [2.24, 2.45) is 0 Å². The lowest BCUT2D eigenvalue weighted by atomic mass is 10.2. The van der Waals surface area contributed by atoms with E-state index < -0.39 is 23.4 Å². The number of carbonyl (C=O) groups is 2. The third kappa shape index (κ3) is 4.15. The van der Waals surface area contributed by atoms with E-state index in [2.05, 4.69) is 5.32 Å². The highest BCUT2D eigenvalue weighted by Gasteiger charge is 2.22. The number of esters is 1. The molecule has 0 aliphatic carbocycles. The summed E-state index contributed by atoms with van der Waals surface area (Å²) < 4.78 is 15.7. The van der Waals surface area contributed by atoms with E-state index in [1.807, 2.05) is 0 Å². The van der Waals surface area contributed by atoms with Crippen molar-refractivity contribution >= 4 is 40.1 Å². The van der Waals surface area contributed by atoms with Gasteiger partial charge in [0, 0.05) is 11.1 Å². The van der Waals surface area contributed by atoms with Gasteiger partial charge in [0.15, 0.2) is 11.5 Å². The van der Waals surface area contributed by atoms with Crippen molar-refractivity contribution in [3.8, 4) is 5.75 Å². The quantitative estimate of drug-likeness (QED) is 0.656. The second-order valence-electron chi connectivity index (χ2n) is 5.85. The molecule has 0 fully saturated rings. The Balaban J connectivity index is 1.75. The van der Waals surface area contributed by atoms with Crippen LogP contribution in [0.15, 0.2) is 57.7 Å². The molecule has 0 saturated carbocycles. The lowest BCUT2D eigenvalue weighted by molar-refractivity contribution is -0.123. The monoisotopic (exact) mass is 401 g/mol. The predicted octanol–water partition coefficient (Wildman–Crippen LogP) is 3.64. The van der Waals surface area contributed by atoms with Crippen LogP contribution in [0.25, 0.3) is 11.0 Å². The van der Waals surface area contributed by atoms with E-state index in [4.69, 9.17) is 25.5 Å². The molecule has 0 bridgehead atoms. The zero-order valence-electron chi connectivity index (χ0n) is 15.0. The molecule has 2 aromatic carbocycles. The lowest BCUT2D eigenvalue weighted by Crippen LogP contribution is -2.30. The van der Waals surface area contributed by atoms with E-state index >= 15 is 0 Å². The molecule has 3 aromatic rings. The average molecular weight is 402 g/mol. The Morgan fingerprint density at radius 1 is 1.14 bits per heavy atom. The Labute approximate surface area is 164 Å². The summed E-state index contributed by atoms with van der Waals surface area (Å²) in [6, 6.07) is 12.3. The fourth-order valence-corrected chi connectivity index (χ4v) is 2.66. The summed E-state index contributed by atoms with van der Waals surface area (Å²) in [5.41, 5.74) is 0.184. The molecule has 1 atom stereocenters. The van der Waals surface area contributed by atoms with Crippen molar-refractivity contribution in [2.75, 3.05) is 12.4 Å². The van der Waals surface area contributed by atoms with Gasteiger partial charge in [0.25, 0.3) is 5.91 Å². The van der Waals surface area contributed by atoms with Gasteiger partial charge in [0.1, 0.15) is 11.3 Å². The molecule has 8 heteroatoms. The van der Waals surface area contributed by atoms with Gasteiger partial charge in [-0.05, 0) is 37.3 Å².